The number of amides is 2. The van der Waals surface area contributed by atoms with E-state index >= 15 is 0 Å². The van der Waals surface area contributed by atoms with Crippen molar-refractivity contribution in [3.63, 3.8) is 0 Å². The highest BCUT2D eigenvalue weighted by Gasteiger charge is 2.09. The molecule has 0 aliphatic carbocycles. The summed E-state index contributed by atoms with van der Waals surface area (Å²) in [6.07, 6.45) is 2.03. The number of carbonyl (C=O) groups is 1. The van der Waals surface area contributed by atoms with E-state index in [2.05, 4.69) is 34.6 Å². The van der Waals surface area contributed by atoms with E-state index in [1.807, 2.05) is 0 Å². The molecule has 0 radical (unpaired) electrons. The van der Waals surface area contributed by atoms with E-state index in [1.54, 1.807) is 11.3 Å². The van der Waals surface area contributed by atoms with Gasteiger partial charge in [0.05, 0.1) is 19.8 Å². The Morgan fingerprint density at radius 2 is 2.05 bits per heavy atom. The fourth-order valence-electron chi connectivity index (χ4n) is 2.27. The van der Waals surface area contributed by atoms with Crippen LogP contribution in [0.2, 0.25) is 0 Å². The van der Waals surface area contributed by atoms with Gasteiger partial charge in [0, 0.05) is 29.4 Å². The van der Waals surface area contributed by atoms with Gasteiger partial charge < -0.3 is 15.4 Å². The van der Waals surface area contributed by atoms with E-state index in [0.29, 0.717) is 13.1 Å². The predicted octanol–water partition coefficient (Wildman–Crippen LogP) is 1.83. The van der Waals surface area contributed by atoms with Crippen molar-refractivity contribution in [1.82, 2.24) is 15.5 Å². The first-order valence-corrected chi connectivity index (χ1v) is 8.49. The maximum absolute atomic E-state index is 11.7. The summed E-state index contributed by atoms with van der Waals surface area (Å²) in [6.45, 7) is 8.16. The third kappa shape index (κ3) is 6.03. The third-order valence-electron chi connectivity index (χ3n) is 3.53. The van der Waals surface area contributed by atoms with Crippen LogP contribution in [0.4, 0.5) is 4.79 Å². The van der Waals surface area contributed by atoms with E-state index < -0.39 is 0 Å². The van der Waals surface area contributed by atoms with E-state index in [1.165, 1.54) is 9.75 Å². The molecule has 5 nitrogen and oxygen atoms in total. The molecule has 21 heavy (non-hydrogen) atoms. The molecule has 2 N–H and O–H groups in total. The molecule has 0 bridgehead atoms. The third-order valence-corrected chi connectivity index (χ3v) is 4.76. The van der Waals surface area contributed by atoms with Gasteiger partial charge in [0.15, 0.2) is 0 Å². The number of nitrogens with one attached hydrogen (secondary N) is 2. The second-order valence-electron chi connectivity index (χ2n) is 5.14. The largest absolute Gasteiger partial charge is 0.379 e. The second-order valence-corrected chi connectivity index (χ2v) is 6.39. The molecule has 1 aromatic rings. The molecule has 0 spiro atoms. The number of hydrogen-bond acceptors (Lipinski definition) is 4. The Hall–Kier alpha value is -1.11. The number of nitrogens with zero attached hydrogens (tertiary/aromatic N) is 1. The van der Waals surface area contributed by atoms with Crippen LogP contribution in [0, 0.1) is 0 Å². The van der Waals surface area contributed by atoms with Gasteiger partial charge in [-0.15, -0.1) is 11.3 Å². The van der Waals surface area contributed by atoms with Crippen LogP contribution in [0.15, 0.2) is 12.1 Å². The Kier molecular flexibility index (Phi) is 6.99. The van der Waals surface area contributed by atoms with Crippen LogP contribution >= 0.6 is 11.3 Å². The number of hydrogen-bond donors (Lipinski definition) is 2. The van der Waals surface area contributed by atoms with Gasteiger partial charge in [-0.05, 0) is 31.5 Å². The van der Waals surface area contributed by atoms with Crippen molar-refractivity contribution in [1.29, 1.82) is 0 Å². The molecule has 1 aliphatic rings. The Bertz CT molecular complexity index is 430. The minimum absolute atomic E-state index is 0.0802. The van der Waals surface area contributed by atoms with Crippen molar-refractivity contribution < 1.29 is 9.53 Å². The van der Waals surface area contributed by atoms with Crippen LogP contribution in [0.3, 0.4) is 0 Å². The Morgan fingerprint density at radius 3 is 2.76 bits per heavy atom. The lowest BCUT2D eigenvalue weighted by atomic mass is 10.3. The minimum atomic E-state index is -0.0802. The Balaban J connectivity index is 1.53. The van der Waals surface area contributed by atoms with Gasteiger partial charge >= 0.3 is 6.03 Å². The van der Waals surface area contributed by atoms with Crippen LogP contribution in [-0.2, 0) is 17.7 Å². The van der Waals surface area contributed by atoms with Crippen molar-refractivity contribution in [2.45, 2.75) is 26.3 Å². The van der Waals surface area contributed by atoms with E-state index in [9.17, 15) is 4.79 Å². The number of morpholine rings is 1. The van der Waals surface area contributed by atoms with E-state index in [4.69, 9.17) is 4.74 Å². The summed E-state index contributed by atoms with van der Waals surface area (Å²) in [5, 5.41) is 5.81. The normalized spacial score (nSPS) is 15.9. The lowest BCUT2D eigenvalue weighted by Crippen LogP contribution is -2.39. The van der Waals surface area contributed by atoms with Gasteiger partial charge in [0.1, 0.15) is 0 Å². The zero-order valence-corrected chi connectivity index (χ0v) is 13.5. The van der Waals surface area contributed by atoms with Crippen molar-refractivity contribution >= 4 is 17.4 Å². The van der Waals surface area contributed by atoms with E-state index in [-0.39, 0.29) is 6.03 Å². The lowest BCUT2D eigenvalue weighted by molar-refractivity contribution is 0.0375. The maximum Gasteiger partial charge on any atom is 0.315 e. The van der Waals surface area contributed by atoms with Crippen LogP contribution in [0.1, 0.15) is 23.1 Å². The average molecular weight is 311 g/mol. The molecule has 1 fully saturated rings. The Labute approximate surface area is 130 Å². The maximum atomic E-state index is 11.7. The first-order chi connectivity index (χ1) is 10.3. The van der Waals surface area contributed by atoms with Crippen molar-refractivity contribution in [2.24, 2.45) is 0 Å². The quantitative estimate of drug-likeness (QED) is 0.756. The summed E-state index contributed by atoms with van der Waals surface area (Å²) in [7, 11) is 0. The van der Waals surface area contributed by atoms with Crippen LogP contribution in [0.25, 0.3) is 0 Å². The van der Waals surface area contributed by atoms with Gasteiger partial charge in [-0.2, -0.15) is 0 Å². The summed E-state index contributed by atoms with van der Waals surface area (Å²) >= 11 is 1.76. The highest BCUT2D eigenvalue weighted by Crippen LogP contribution is 2.16. The highest BCUT2D eigenvalue weighted by molar-refractivity contribution is 7.11. The molecule has 2 rings (SSSR count). The summed E-state index contributed by atoms with van der Waals surface area (Å²) in [5.41, 5.74) is 0. The molecular formula is C15H25N3O2S. The first-order valence-electron chi connectivity index (χ1n) is 7.67. The minimum Gasteiger partial charge on any atom is -0.379 e. The number of thiophene rings is 1. The highest BCUT2D eigenvalue weighted by atomic mass is 32.1. The number of aryl methyl sites for hydroxylation is 1. The van der Waals surface area contributed by atoms with Gasteiger partial charge in [-0.3, -0.25) is 4.90 Å². The number of ether oxygens (including phenoxy) is 1. The smallest absolute Gasteiger partial charge is 0.315 e. The van der Waals surface area contributed by atoms with Crippen molar-refractivity contribution in [3.05, 3.63) is 21.9 Å². The predicted molar refractivity (Wildman–Crippen MR) is 85.8 cm³/mol. The van der Waals surface area contributed by atoms with Crippen LogP contribution < -0.4 is 10.6 Å². The van der Waals surface area contributed by atoms with Crippen molar-refractivity contribution in [3.8, 4) is 0 Å². The monoisotopic (exact) mass is 311 g/mol. The second kappa shape index (κ2) is 9.02. The standard InChI is InChI=1S/C15H25N3O2S/c1-2-13-4-5-14(21-13)12-17-15(19)16-6-3-7-18-8-10-20-11-9-18/h4-5H,2-3,6-12H2,1H3,(H2,16,17,19). The summed E-state index contributed by atoms with van der Waals surface area (Å²) in [5.74, 6) is 0. The molecule has 0 saturated carbocycles. The fraction of sp³-hybridized carbons (Fsp3) is 0.667. The zero-order chi connectivity index (χ0) is 14.9. The summed E-state index contributed by atoms with van der Waals surface area (Å²) in [4.78, 5) is 16.6. The summed E-state index contributed by atoms with van der Waals surface area (Å²) in [6, 6.07) is 4.13. The lowest BCUT2D eigenvalue weighted by Gasteiger charge is -2.26. The molecule has 1 aliphatic heterocycles. The number of carbonyl (C=O) groups excluding carboxylic acids is 1. The van der Waals surface area contributed by atoms with Gasteiger partial charge in [0.25, 0.3) is 0 Å². The summed E-state index contributed by atoms with van der Waals surface area (Å²) < 4.78 is 5.31. The molecule has 0 unspecified atom stereocenters. The molecule has 1 aromatic heterocycles. The molecule has 1 saturated heterocycles. The molecule has 118 valence electrons. The average Bonchev–Trinajstić information content (AvgIpc) is 2.99. The molecule has 6 heteroatoms. The number of urea groups is 1. The molecule has 2 heterocycles. The molecule has 0 aromatic carbocycles. The Morgan fingerprint density at radius 1 is 1.29 bits per heavy atom. The van der Waals surface area contributed by atoms with Crippen LogP contribution in [0.5, 0.6) is 0 Å². The molecular weight excluding hydrogens is 286 g/mol. The number of rotatable bonds is 7. The first kappa shape index (κ1) is 16.3. The molecule has 2 amide bonds. The van der Waals surface area contributed by atoms with E-state index in [0.717, 1.165) is 45.7 Å². The van der Waals surface area contributed by atoms with Gasteiger partial charge in [-0.25, -0.2) is 4.79 Å². The van der Waals surface area contributed by atoms with Crippen molar-refractivity contribution in [2.75, 3.05) is 39.4 Å². The van der Waals surface area contributed by atoms with Gasteiger partial charge in [0.2, 0.25) is 0 Å². The topological polar surface area (TPSA) is 53.6 Å². The molecule has 0 atom stereocenters. The fourth-order valence-corrected chi connectivity index (χ4v) is 3.16. The zero-order valence-electron chi connectivity index (χ0n) is 12.7. The van der Waals surface area contributed by atoms with Crippen LogP contribution in [-0.4, -0.2) is 50.3 Å². The van der Waals surface area contributed by atoms with Gasteiger partial charge in [-0.1, -0.05) is 6.92 Å². The SMILES string of the molecule is CCc1ccc(CNC(=O)NCCCN2CCOCC2)s1.